The van der Waals surface area contributed by atoms with Crippen LogP contribution in [-0.4, -0.2) is 24.9 Å². The molecule has 2 aromatic rings. The number of nitrogens with zero attached hydrogens (tertiary/aromatic N) is 4. The summed E-state index contributed by atoms with van der Waals surface area (Å²) < 4.78 is 1.58. The van der Waals surface area contributed by atoms with Crippen LogP contribution in [0.1, 0.15) is 17.2 Å². The van der Waals surface area contributed by atoms with Crippen molar-refractivity contribution in [1.29, 1.82) is 0 Å². The molecule has 0 aliphatic heterocycles. The Bertz CT molecular complexity index is 524. The highest BCUT2D eigenvalue weighted by Crippen LogP contribution is 2.19. The zero-order valence-corrected chi connectivity index (χ0v) is 9.73. The number of aliphatic hydroxyl groups excluding tert-OH is 1. The number of hydrogen-bond donors (Lipinski definition) is 1. The number of aliphatic hydroxyl groups is 1. The van der Waals surface area contributed by atoms with Gasteiger partial charge in [-0.3, -0.25) is 0 Å². The SMILES string of the molecule is Cc1nc(C)n(-c2ncc(CO)cc2Cl)n1. The molecule has 0 aromatic carbocycles. The number of pyridine rings is 1. The lowest BCUT2D eigenvalue weighted by Gasteiger charge is -2.05. The van der Waals surface area contributed by atoms with E-state index in [0.717, 1.165) is 5.82 Å². The van der Waals surface area contributed by atoms with Gasteiger partial charge in [-0.15, -0.1) is 5.10 Å². The van der Waals surface area contributed by atoms with Gasteiger partial charge >= 0.3 is 0 Å². The van der Waals surface area contributed by atoms with Gasteiger partial charge in [-0.1, -0.05) is 11.6 Å². The van der Waals surface area contributed by atoms with Crippen LogP contribution in [0.2, 0.25) is 5.02 Å². The molecule has 0 saturated carbocycles. The van der Waals surface area contributed by atoms with Crippen molar-refractivity contribution in [1.82, 2.24) is 19.7 Å². The quantitative estimate of drug-likeness (QED) is 0.860. The molecule has 1 N–H and O–H groups in total. The van der Waals surface area contributed by atoms with Crippen molar-refractivity contribution in [3.05, 3.63) is 34.5 Å². The number of aryl methyl sites for hydroxylation is 2. The van der Waals surface area contributed by atoms with Crippen LogP contribution in [0.4, 0.5) is 0 Å². The van der Waals surface area contributed by atoms with Gasteiger partial charge in [0.15, 0.2) is 5.82 Å². The molecule has 16 heavy (non-hydrogen) atoms. The molecule has 0 atom stereocenters. The average Bonchev–Trinajstić information content (AvgIpc) is 2.57. The van der Waals surface area contributed by atoms with E-state index in [1.165, 1.54) is 0 Å². The van der Waals surface area contributed by atoms with E-state index in [0.29, 0.717) is 22.2 Å². The molecular formula is C10H11ClN4O. The summed E-state index contributed by atoms with van der Waals surface area (Å²) in [6.45, 7) is 3.56. The van der Waals surface area contributed by atoms with Gasteiger partial charge in [0.1, 0.15) is 11.6 Å². The Morgan fingerprint density at radius 1 is 1.44 bits per heavy atom. The van der Waals surface area contributed by atoms with Crippen molar-refractivity contribution in [2.45, 2.75) is 20.5 Å². The summed E-state index contributed by atoms with van der Waals surface area (Å²) in [5.74, 6) is 1.92. The van der Waals surface area contributed by atoms with Gasteiger partial charge in [0.05, 0.1) is 11.6 Å². The zero-order valence-electron chi connectivity index (χ0n) is 8.98. The van der Waals surface area contributed by atoms with Crippen LogP contribution in [-0.2, 0) is 6.61 Å². The molecule has 0 bridgehead atoms. The van der Waals surface area contributed by atoms with Crippen molar-refractivity contribution in [2.75, 3.05) is 0 Å². The summed E-state index contributed by atoms with van der Waals surface area (Å²) in [7, 11) is 0. The summed E-state index contributed by atoms with van der Waals surface area (Å²) in [6.07, 6.45) is 1.57. The van der Waals surface area contributed by atoms with Crippen molar-refractivity contribution in [3.63, 3.8) is 0 Å². The van der Waals surface area contributed by atoms with Crippen molar-refractivity contribution in [2.24, 2.45) is 0 Å². The predicted molar refractivity (Wildman–Crippen MR) is 59.6 cm³/mol. The highest BCUT2D eigenvalue weighted by molar-refractivity contribution is 6.32. The van der Waals surface area contributed by atoms with E-state index in [2.05, 4.69) is 15.1 Å². The van der Waals surface area contributed by atoms with Crippen LogP contribution in [0.5, 0.6) is 0 Å². The molecule has 0 fully saturated rings. The van der Waals surface area contributed by atoms with Crippen LogP contribution in [0.15, 0.2) is 12.3 Å². The molecule has 6 heteroatoms. The Morgan fingerprint density at radius 2 is 2.19 bits per heavy atom. The van der Waals surface area contributed by atoms with E-state index in [1.54, 1.807) is 23.9 Å². The van der Waals surface area contributed by atoms with Crippen LogP contribution in [0.3, 0.4) is 0 Å². The van der Waals surface area contributed by atoms with Gasteiger partial charge < -0.3 is 5.11 Å². The molecule has 0 unspecified atom stereocenters. The molecular weight excluding hydrogens is 228 g/mol. The molecule has 2 rings (SSSR count). The number of halogens is 1. The fourth-order valence-electron chi connectivity index (χ4n) is 1.43. The van der Waals surface area contributed by atoms with Crippen LogP contribution in [0, 0.1) is 13.8 Å². The Kier molecular flexibility index (Phi) is 2.89. The standard InChI is InChI=1S/C10H11ClN4O/c1-6-13-7(2)15(14-6)10-9(11)3-8(5-16)4-12-10/h3-4,16H,5H2,1-2H3. The first-order valence-corrected chi connectivity index (χ1v) is 5.15. The highest BCUT2D eigenvalue weighted by Gasteiger charge is 2.10. The molecule has 0 spiro atoms. The maximum Gasteiger partial charge on any atom is 0.174 e. The lowest BCUT2D eigenvalue weighted by molar-refractivity contribution is 0.281. The van der Waals surface area contributed by atoms with Crippen LogP contribution in [0.25, 0.3) is 5.82 Å². The number of rotatable bonds is 2. The third-order valence-electron chi connectivity index (χ3n) is 2.14. The molecule has 2 heterocycles. The molecule has 0 amide bonds. The molecule has 2 aromatic heterocycles. The monoisotopic (exact) mass is 238 g/mol. The van der Waals surface area contributed by atoms with E-state index in [1.807, 2.05) is 6.92 Å². The molecule has 84 valence electrons. The summed E-state index contributed by atoms with van der Waals surface area (Å²) >= 11 is 6.06. The zero-order chi connectivity index (χ0) is 11.7. The van der Waals surface area contributed by atoms with Gasteiger partial charge in [-0.25, -0.2) is 9.97 Å². The minimum absolute atomic E-state index is 0.0810. The molecule has 5 nitrogen and oxygen atoms in total. The van der Waals surface area contributed by atoms with Gasteiger partial charge in [0.2, 0.25) is 0 Å². The maximum atomic E-state index is 8.95. The Morgan fingerprint density at radius 3 is 2.69 bits per heavy atom. The van der Waals surface area contributed by atoms with Crippen molar-refractivity contribution >= 4 is 11.6 Å². The minimum atomic E-state index is -0.0810. The Balaban J connectivity index is 2.52. The van der Waals surface area contributed by atoms with E-state index in [-0.39, 0.29) is 6.61 Å². The lowest BCUT2D eigenvalue weighted by atomic mass is 10.3. The normalized spacial score (nSPS) is 10.8. The lowest BCUT2D eigenvalue weighted by Crippen LogP contribution is -2.03. The minimum Gasteiger partial charge on any atom is -0.392 e. The van der Waals surface area contributed by atoms with E-state index >= 15 is 0 Å². The number of hydrogen-bond acceptors (Lipinski definition) is 4. The fourth-order valence-corrected chi connectivity index (χ4v) is 1.70. The number of aromatic nitrogens is 4. The largest absolute Gasteiger partial charge is 0.392 e. The summed E-state index contributed by atoms with van der Waals surface area (Å²) in [5.41, 5.74) is 0.670. The second kappa shape index (κ2) is 4.19. The smallest absolute Gasteiger partial charge is 0.174 e. The first-order valence-electron chi connectivity index (χ1n) is 4.77. The first kappa shape index (κ1) is 11.0. The first-order chi connectivity index (χ1) is 7.61. The average molecular weight is 239 g/mol. The van der Waals surface area contributed by atoms with Crippen molar-refractivity contribution < 1.29 is 5.11 Å². The third-order valence-corrected chi connectivity index (χ3v) is 2.41. The summed E-state index contributed by atoms with van der Waals surface area (Å²) in [6, 6.07) is 1.67. The molecule has 0 radical (unpaired) electrons. The van der Waals surface area contributed by atoms with E-state index in [4.69, 9.17) is 16.7 Å². The van der Waals surface area contributed by atoms with Gasteiger partial charge in [-0.2, -0.15) is 4.68 Å². The van der Waals surface area contributed by atoms with E-state index in [9.17, 15) is 0 Å². The van der Waals surface area contributed by atoms with Gasteiger partial charge in [0, 0.05) is 6.20 Å². The second-order valence-electron chi connectivity index (χ2n) is 3.43. The van der Waals surface area contributed by atoms with Crippen molar-refractivity contribution in [3.8, 4) is 5.82 Å². The van der Waals surface area contributed by atoms with Gasteiger partial charge in [0.25, 0.3) is 0 Å². The third kappa shape index (κ3) is 1.91. The molecule has 0 saturated heterocycles. The topological polar surface area (TPSA) is 63.8 Å². The Labute approximate surface area is 97.7 Å². The predicted octanol–water partition coefficient (Wildman–Crippen LogP) is 1.42. The fraction of sp³-hybridized carbons (Fsp3) is 0.300. The van der Waals surface area contributed by atoms with Gasteiger partial charge in [-0.05, 0) is 25.5 Å². The summed E-state index contributed by atoms with van der Waals surface area (Å²) in [4.78, 5) is 8.34. The van der Waals surface area contributed by atoms with Crippen LogP contribution >= 0.6 is 11.6 Å². The van der Waals surface area contributed by atoms with Crippen LogP contribution < -0.4 is 0 Å². The summed E-state index contributed by atoms with van der Waals surface area (Å²) in [5, 5.41) is 13.6. The second-order valence-corrected chi connectivity index (χ2v) is 3.83. The Hall–Kier alpha value is -1.46. The maximum absolute atomic E-state index is 8.95. The highest BCUT2D eigenvalue weighted by atomic mass is 35.5. The molecule has 0 aliphatic carbocycles. The van der Waals surface area contributed by atoms with E-state index < -0.39 is 0 Å². The molecule has 0 aliphatic rings.